The summed E-state index contributed by atoms with van der Waals surface area (Å²) < 4.78 is 2.32. The van der Waals surface area contributed by atoms with Gasteiger partial charge in [-0.25, -0.2) is 5.43 Å². The molecule has 5 aromatic rings. The highest BCUT2D eigenvalue weighted by atomic mass is 15.7. The third-order valence-corrected chi connectivity index (χ3v) is 6.17. The number of para-hydroxylation sites is 2. The first-order chi connectivity index (χ1) is 15.3. The molecule has 0 spiro atoms. The molecule has 0 bridgehead atoms. The highest BCUT2D eigenvalue weighted by molar-refractivity contribution is 6.08. The molecule has 4 aromatic carbocycles. The van der Waals surface area contributed by atoms with E-state index in [4.69, 9.17) is 0 Å². The van der Waals surface area contributed by atoms with Crippen LogP contribution in [-0.2, 0) is 0 Å². The third-order valence-electron chi connectivity index (χ3n) is 6.17. The first kappa shape index (κ1) is 17.8. The first-order valence-electron chi connectivity index (χ1n) is 10.5. The largest absolute Gasteiger partial charge is 0.304 e. The molecule has 1 aliphatic rings. The summed E-state index contributed by atoms with van der Waals surface area (Å²) in [5.41, 5.74) is 7.60. The third kappa shape index (κ3) is 2.73. The predicted octanol–water partition coefficient (Wildman–Crippen LogP) is 4.74. The van der Waals surface area contributed by atoms with E-state index in [9.17, 15) is 5.26 Å². The molecule has 0 saturated carbocycles. The van der Waals surface area contributed by atoms with Crippen molar-refractivity contribution in [2.75, 3.05) is 29.8 Å². The normalized spacial score (nSPS) is 14.4. The number of nitriles is 1. The maximum Gasteiger partial charge on any atom is 0.102 e. The van der Waals surface area contributed by atoms with E-state index in [-0.39, 0.29) is 0 Å². The Balaban J connectivity index is 1.36. The maximum atomic E-state index is 9.87. The molecule has 1 fully saturated rings. The number of nitrogens with one attached hydrogen (secondary N) is 1. The molecule has 6 rings (SSSR count). The molecule has 1 aromatic heterocycles. The van der Waals surface area contributed by atoms with E-state index in [1.807, 2.05) is 30.3 Å². The fourth-order valence-corrected chi connectivity index (χ4v) is 4.73. The van der Waals surface area contributed by atoms with Crippen molar-refractivity contribution in [2.45, 2.75) is 0 Å². The first-order valence-corrected chi connectivity index (χ1v) is 10.5. The maximum absolute atomic E-state index is 9.87. The highest BCUT2D eigenvalue weighted by Crippen LogP contribution is 2.31. The van der Waals surface area contributed by atoms with E-state index < -0.39 is 0 Å². The monoisotopic (exact) mass is 403 g/mol. The quantitative estimate of drug-likeness (QED) is 0.463. The van der Waals surface area contributed by atoms with Gasteiger partial charge < -0.3 is 5.01 Å². The standard InChI is InChI=1S/C26H21N5/c27-17-23-20-8-2-1-7-19(20)13-14-24(23)30-16-15-29(18-28-30)31-25-11-5-3-9-21(25)22-10-4-6-12-26(22)31/h1-14,28H,15-16,18H2. The lowest BCUT2D eigenvalue weighted by Crippen LogP contribution is -2.58. The van der Waals surface area contributed by atoms with Crippen LogP contribution in [0.5, 0.6) is 0 Å². The van der Waals surface area contributed by atoms with E-state index in [1.54, 1.807) is 0 Å². The zero-order valence-corrected chi connectivity index (χ0v) is 17.0. The number of benzene rings is 4. The number of rotatable bonds is 2. The van der Waals surface area contributed by atoms with Gasteiger partial charge in [0.2, 0.25) is 0 Å². The van der Waals surface area contributed by atoms with Gasteiger partial charge >= 0.3 is 0 Å². The molecule has 0 aliphatic carbocycles. The number of aromatic nitrogens is 1. The van der Waals surface area contributed by atoms with Gasteiger partial charge in [0.15, 0.2) is 0 Å². The van der Waals surface area contributed by atoms with E-state index in [2.05, 4.69) is 80.8 Å². The molecule has 1 N–H and O–H groups in total. The summed E-state index contributed by atoms with van der Waals surface area (Å²) in [6.07, 6.45) is 0. The minimum absolute atomic E-state index is 0.653. The van der Waals surface area contributed by atoms with Crippen LogP contribution in [0, 0.1) is 11.3 Å². The molecule has 2 heterocycles. The molecule has 0 atom stereocenters. The van der Waals surface area contributed by atoms with Gasteiger partial charge in [-0.3, -0.25) is 9.69 Å². The Labute approximate surface area is 180 Å². The van der Waals surface area contributed by atoms with Crippen LogP contribution in [0.3, 0.4) is 0 Å². The summed E-state index contributed by atoms with van der Waals surface area (Å²) >= 11 is 0. The number of anilines is 1. The van der Waals surface area contributed by atoms with Crippen molar-refractivity contribution in [3.05, 3.63) is 90.5 Å². The van der Waals surface area contributed by atoms with E-state index in [1.165, 1.54) is 21.8 Å². The number of hydrogen-bond acceptors (Lipinski definition) is 4. The predicted molar refractivity (Wildman–Crippen MR) is 127 cm³/mol. The van der Waals surface area contributed by atoms with Crippen molar-refractivity contribution < 1.29 is 0 Å². The minimum Gasteiger partial charge on any atom is -0.304 e. The Hall–Kier alpha value is -4.01. The Bertz CT molecular complexity index is 1420. The van der Waals surface area contributed by atoms with Crippen LogP contribution in [0.2, 0.25) is 0 Å². The summed E-state index contributed by atoms with van der Waals surface area (Å²) in [6, 6.07) is 31.7. The smallest absolute Gasteiger partial charge is 0.102 e. The summed E-state index contributed by atoms with van der Waals surface area (Å²) in [5, 5.41) is 18.9. The average molecular weight is 403 g/mol. The van der Waals surface area contributed by atoms with Gasteiger partial charge in [0.1, 0.15) is 12.7 Å². The zero-order valence-electron chi connectivity index (χ0n) is 17.0. The van der Waals surface area contributed by atoms with Gasteiger partial charge in [-0.2, -0.15) is 5.26 Å². The van der Waals surface area contributed by atoms with Crippen LogP contribution in [-0.4, -0.2) is 24.4 Å². The summed E-state index contributed by atoms with van der Waals surface area (Å²) in [7, 11) is 0. The van der Waals surface area contributed by atoms with Gasteiger partial charge in [-0.05, 0) is 23.6 Å². The summed E-state index contributed by atoms with van der Waals surface area (Å²) in [4.78, 5) is 0. The Morgan fingerprint density at radius 3 is 2.00 bits per heavy atom. The molecular weight excluding hydrogens is 382 g/mol. The average Bonchev–Trinajstić information content (AvgIpc) is 3.18. The van der Waals surface area contributed by atoms with Gasteiger partial charge in [0.25, 0.3) is 0 Å². The van der Waals surface area contributed by atoms with Crippen molar-refractivity contribution >= 4 is 38.3 Å². The Morgan fingerprint density at radius 2 is 1.35 bits per heavy atom. The lowest BCUT2D eigenvalue weighted by molar-refractivity contribution is 0.468. The van der Waals surface area contributed by atoms with E-state index in [0.29, 0.717) is 6.67 Å². The molecule has 31 heavy (non-hydrogen) atoms. The molecule has 5 heteroatoms. The Morgan fingerprint density at radius 1 is 0.710 bits per heavy atom. The lowest BCUT2D eigenvalue weighted by Gasteiger charge is -2.39. The fraction of sp³-hybridized carbons (Fsp3) is 0.115. The second-order valence-corrected chi connectivity index (χ2v) is 7.84. The SMILES string of the molecule is N#Cc1c(N2CCN(n3c4ccccc4c4ccccc43)CN2)ccc2ccccc12. The number of hydrogen-bond donors (Lipinski definition) is 1. The highest BCUT2D eigenvalue weighted by Gasteiger charge is 2.22. The van der Waals surface area contributed by atoms with Crippen LogP contribution in [0.4, 0.5) is 5.69 Å². The lowest BCUT2D eigenvalue weighted by atomic mass is 10.0. The van der Waals surface area contributed by atoms with E-state index >= 15 is 0 Å². The van der Waals surface area contributed by atoms with Crippen LogP contribution in [0.25, 0.3) is 32.6 Å². The molecule has 5 nitrogen and oxygen atoms in total. The van der Waals surface area contributed by atoms with Gasteiger partial charge in [0.05, 0.1) is 35.4 Å². The molecule has 1 saturated heterocycles. The minimum atomic E-state index is 0.653. The van der Waals surface area contributed by atoms with Crippen LogP contribution in [0.15, 0.2) is 84.9 Å². The summed E-state index contributed by atoms with van der Waals surface area (Å²) in [5.74, 6) is 0. The van der Waals surface area contributed by atoms with Crippen molar-refractivity contribution in [1.82, 2.24) is 10.1 Å². The number of fused-ring (bicyclic) bond motifs is 4. The second kappa shape index (κ2) is 7.05. The van der Waals surface area contributed by atoms with Gasteiger partial charge in [0, 0.05) is 16.2 Å². The topological polar surface area (TPSA) is 47.2 Å². The molecule has 0 radical (unpaired) electrons. The van der Waals surface area contributed by atoms with Crippen molar-refractivity contribution in [3.8, 4) is 6.07 Å². The molecule has 150 valence electrons. The molecular formula is C26H21N5. The second-order valence-electron chi connectivity index (χ2n) is 7.84. The fourth-order valence-electron chi connectivity index (χ4n) is 4.73. The summed E-state index contributed by atoms with van der Waals surface area (Å²) in [6.45, 7) is 2.27. The van der Waals surface area contributed by atoms with E-state index in [0.717, 1.165) is 35.1 Å². The Kier molecular flexibility index (Phi) is 4.05. The van der Waals surface area contributed by atoms with Crippen LogP contribution >= 0.6 is 0 Å². The molecule has 1 aliphatic heterocycles. The van der Waals surface area contributed by atoms with Crippen LogP contribution < -0.4 is 15.4 Å². The molecule has 0 amide bonds. The van der Waals surface area contributed by atoms with Crippen molar-refractivity contribution in [3.63, 3.8) is 0 Å². The molecule has 0 unspecified atom stereocenters. The van der Waals surface area contributed by atoms with Gasteiger partial charge in [-0.15, -0.1) is 0 Å². The van der Waals surface area contributed by atoms with Gasteiger partial charge in [-0.1, -0.05) is 66.7 Å². The zero-order chi connectivity index (χ0) is 20.8. The number of nitrogens with zero attached hydrogens (tertiary/aromatic N) is 4. The van der Waals surface area contributed by atoms with Crippen molar-refractivity contribution in [2.24, 2.45) is 0 Å². The number of hydrazine groups is 1. The van der Waals surface area contributed by atoms with Crippen LogP contribution in [0.1, 0.15) is 5.56 Å². The van der Waals surface area contributed by atoms with Crippen molar-refractivity contribution in [1.29, 1.82) is 5.26 Å².